The minimum absolute atomic E-state index is 0.947. The molecule has 0 bridgehead atoms. The lowest BCUT2D eigenvalue weighted by Crippen LogP contribution is -2.70. The van der Waals surface area contributed by atoms with E-state index in [1.807, 2.05) is 0 Å². The molecule has 0 saturated heterocycles. The lowest BCUT2D eigenvalue weighted by atomic mass is 9.93. The van der Waals surface area contributed by atoms with Crippen LogP contribution in [0.4, 0.5) is 61.5 Å². The van der Waals surface area contributed by atoms with Crippen LogP contribution in [0.5, 0.6) is 0 Å². The molecule has 0 spiro atoms. The first-order chi connectivity index (χ1) is 9.67. The van der Waals surface area contributed by atoms with Crippen molar-refractivity contribution in [1.82, 2.24) is 0 Å². The Kier molecular flexibility index (Phi) is 5.46. The van der Waals surface area contributed by atoms with E-state index in [1.165, 1.54) is 0 Å². The van der Waals surface area contributed by atoms with Crippen molar-refractivity contribution in [1.29, 1.82) is 0 Å². The van der Waals surface area contributed by atoms with Crippen LogP contribution in [0.25, 0.3) is 0 Å². The van der Waals surface area contributed by atoms with Crippen LogP contribution in [0, 0.1) is 0 Å². The van der Waals surface area contributed by atoms with E-state index < -0.39 is 58.2 Å². The van der Waals surface area contributed by atoms with Gasteiger partial charge in [-0.05, 0) is 0 Å². The highest BCUT2D eigenvalue weighted by Crippen LogP contribution is 2.60. The van der Waals surface area contributed by atoms with Gasteiger partial charge in [-0.3, -0.25) is 4.39 Å². The topological polar surface area (TPSA) is 0 Å². The van der Waals surface area contributed by atoms with Crippen LogP contribution >= 0.6 is 0 Å². The summed E-state index contributed by atoms with van der Waals surface area (Å²) in [5, 5.41) is 0. The second kappa shape index (κ2) is 5.65. The zero-order chi connectivity index (χ0) is 19.3. The predicted molar refractivity (Wildman–Crippen MR) is 50.2 cm³/mol. The standard InChI is InChI=1S/C8H6F14Si/c9-2(23)1-3(10,11)4(12,13)5(14,15)6(16,17)7(18,19)8(20,21)22/h2H,1H2,23H3. The van der Waals surface area contributed by atoms with E-state index in [1.54, 1.807) is 0 Å². The minimum Gasteiger partial charge on any atom is -0.252 e. The number of halogens is 14. The van der Waals surface area contributed by atoms with E-state index in [2.05, 4.69) is 0 Å². The van der Waals surface area contributed by atoms with Crippen LogP contribution in [-0.4, -0.2) is 51.8 Å². The van der Waals surface area contributed by atoms with Gasteiger partial charge in [0.25, 0.3) is 0 Å². The molecule has 0 amide bonds. The molecule has 15 heteroatoms. The Bertz CT molecular complexity index is 421. The van der Waals surface area contributed by atoms with Crippen molar-refractivity contribution in [2.45, 2.75) is 48.0 Å². The van der Waals surface area contributed by atoms with Gasteiger partial charge in [-0.25, -0.2) is 0 Å². The highest BCUT2D eigenvalue weighted by atomic mass is 28.1. The van der Waals surface area contributed by atoms with Crippen molar-refractivity contribution in [3.05, 3.63) is 0 Å². The highest BCUT2D eigenvalue weighted by molar-refractivity contribution is 6.10. The predicted octanol–water partition coefficient (Wildman–Crippen LogP) is 3.78. The van der Waals surface area contributed by atoms with Crippen molar-refractivity contribution in [3.8, 4) is 0 Å². The summed E-state index contributed by atoms with van der Waals surface area (Å²) in [6.07, 6.45) is -10.2. The smallest absolute Gasteiger partial charge is 0.252 e. The van der Waals surface area contributed by atoms with Gasteiger partial charge in [0.05, 0.1) is 5.79 Å². The second-order valence-electron chi connectivity index (χ2n) is 4.48. The van der Waals surface area contributed by atoms with Crippen LogP contribution < -0.4 is 0 Å². The Hall–Kier alpha value is -0.763. The maximum Gasteiger partial charge on any atom is 0.460 e. The SMILES string of the molecule is FC([SiH3])CC(F)(F)C(F)(F)C(F)(F)C(F)(F)C(F)(F)C(F)(F)F. The molecule has 0 aliphatic carbocycles. The molecular formula is C8H6F14Si. The normalized spacial score (nSPS) is 17.5. The summed E-state index contributed by atoms with van der Waals surface area (Å²) in [6.45, 7) is 0. The van der Waals surface area contributed by atoms with Gasteiger partial charge in [-0.15, -0.1) is 0 Å². The first-order valence-electron chi connectivity index (χ1n) is 5.26. The van der Waals surface area contributed by atoms with Gasteiger partial charge >= 0.3 is 35.8 Å². The molecule has 0 fully saturated rings. The van der Waals surface area contributed by atoms with E-state index >= 15 is 0 Å². The molecule has 0 rings (SSSR count). The maximum absolute atomic E-state index is 12.9. The van der Waals surface area contributed by atoms with Crippen LogP contribution in [0.2, 0.25) is 0 Å². The molecule has 0 radical (unpaired) electrons. The maximum atomic E-state index is 12.9. The van der Waals surface area contributed by atoms with Crippen LogP contribution in [0.15, 0.2) is 0 Å². The van der Waals surface area contributed by atoms with Crippen molar-refractivity contribution in [2.75, 3.05) is 0 Å². The molecular weight excluding hydrogens is 390 g/mol. The highest BCUT2D eigenvalue weighted by Gasteiger charge is 2.90. The molecule has 0 nitrogen and oxygen atoms in total. The molecule has 140 valence electrons. The molecule has 0 saturated carbocycles. The third kappa shape index (κ3) is 3.24. The first-order valence-corrected chi connectivity index (χ1v) is 6.42. The summed E-state index contributed by atoms with van der Waals surface area (Å²) in [4.78, 5) is 0. The Morgan fingerprint density at radius 2 is 0.870 bits per heavy atom. The molecule has 1 atom stereocenters. The molecule has 1 unspecified atom stereocenters. The molecule has 0 heterocycles. The molecule has 0 aromatic rings. The van der Waals surface area contributed by atoms with Crippen LogP contribution in [0.1, 0.15) is 6.42 Å². The largest absolute Gasteiger partial charge is 0.460 e. The Morgan fingerprint density at radius 1 is 0.565 bits per heavy atom. The number of alkyl halides is 14. The van der Waals surface area contributed by atoms with Gasteiger partial charge in [0, 0.05) is 16.7 Å². The number of hydrogen-bond acceptors (Lipinski definition) is 0. The summed E-state index contributed by atoms with van der Waals surface area (Å²) in [5.74, 6) is -40.0. The molecule has 0 aliphatic heterocycles. The Balaban J connectivity index is 6.14. The van der Waals surface area contributed by atoms with Gasteiger partial charge in [-0.1, -0.05) is 0 Å². The van der Waals surface area contributed by atoms with Crippen molar-refractivity contribution in [3.63, 3.8) is 0 Å². The average Bonchev–Trinajstić information content (AvgIpc) is 2.24. The van der Waals surface area contributed by atoms with Crippen molar-refractivity contribution < 1.29 is 61.5 Å². The Morgan fingerprint density at radius 3 is 1.13 bits per heavy atom. The molecule has 0 aromatic carbocycles. The molecule has 0 N–H and O–H groups in total. The Labute approximate surface area is 121 Å². The second-order valence-corrected chi connectivity index (χ2v) is 5.74. The fraction of sp³-hybridized carbons (Fsp3) is 1.00. The monoisotopic (exact) mass is 396 g/mol. The van der Waals surface area contributed by atoms with Crippen LogP contribution in [-0.2, 0) is 0 Å². The van der Waals surface area contributed by atoms with Crippen molar-refractivity contribution in [2.24, 2.45) is 0 Å². The number of rotatable bonds is 6. The fourth-order valence-corrected chi connectivity index (χ4v) is 1.80. The van der Waals surface area contributed by atoms with E-state index in [9.17, 15) is 61.5 Å². The summed E-state index contributed by atoms with van der Waals surface area (Å²) < 4.78 is 175. The van der Waals surface area contributed by atoms with Gasteiger partial charge in [0.1, 0.15) is 0 Å². The van der Waals surface area contributed by atoms with Crippen molar-refractivity contribution >= 4 is 10.2 Å². The van der Waals surface area contributed by atoms with E-state index in [-0.39, 0.29) is 0 Å². The van der Waals surface area contributed by atoms with E-state index in [0.29, 0.717) is 0 Å². The van der Waals surface area contributed by atoms with E-state index in [0.717, 1.165) is 0 Å². The fourth-order valence-electron chi connectivity index (χ4n) is 1.28. The lowest BCUT2D eigenvalue weighted by Gasteiger charge is -2.39. The summed E-state index contributed by atoms with van der Waals surface area (Å²) in [6, 6.07) is 0. The summed E-state index contributed by atoms with van der Waals surface area (Å²) >= 11 is 0. The zero-order valence-electron chi connectivity index (χ0n) is 10.6. The van der Waals surface area contributed by atoms with Gasteiger partial charge < -0.3 is 0 Å². The van der Waals surface area contributed by atoms with Crippen LogP contribution in [0.3, 0.4) is 0 Å². The summed E-state index contributed by atoms with van der Waals surface area (Å²) in [7, 11) is -0.947. The van der Waals surface area contributed by atoms with Gasteiger partial charge in [0.2, 0.25) is 0 Å². The molecule has 0 aromatic heterocycles. The summed E-state index contributed by atoms with van der Waals surface area (Å²) in [5.41, 5.74) is 0. The average molecular weight is 396 g/mol. The third-order valence-electron chi connectivity index (χ3n) is 2.54. The molecule has 23 heavy (non-hydrogen) atoms. The van der Waals surface area contributed by atoms with E-state index in [4.69, 9.17) is 0 Å². The number of hydrogen-bond donors (Lipinski definition) is 0. The van der Waals surface area contributed by atoms with Gasteiger partial charge in [-0.2, -0.15) is 57.1 Å². The zero-order valence-corrected chi connectivity index (χ0v) is 12.6. The van der Waals surface area contributed by atoms with Gasteiger partial charge in [0.15, 0.2) is 0 Å². The third-order valence-corrected chi connectivity index (χ3v) is 2.94. The quantitative estimate of drug-likeness (QED) is 0.474. The molecule has 0 aliphatic rings. The lowest BCUT2D eigenvalue weighted by molar-refractivity contribution is -0.440. The first kappa shape index (κ1) is 22.2. The minimum atomic E-state index is -7.93.